The van der Waals surface area contributed by atoms with Gasteiger partial charge in [-0.3, -0.25) is 5.01 Å². The number of hydrogen-bond acceptors (Lipinski definition) is 3. The molecule has 0 aliphatic carbocycles. The Morgan fingerprint density at radius 2 is 2.27 bits per heavy atom. The summed E-state index contributed by atoms with van der Waals surface area (Å²) < 4.78 is 1.12. The monoisotopic (exact) mass is 315 g/mol. The van der Waals surface area contributed by atoms with Gasteiger partial charge in [0.05, 0.1) is 6.17 Å². The average molecular weight is 315 g/mol. The third-order valence-electron chi connectivity index (χ3n) is 1.98. The SMILES string of the molecule is [B]c1cc(I)ccc1N(NCC)C(C)N. The Morgan fingerprint density at radius 3 is 2.73 bits per heavy atom. The molecule has 0 amide bonds. The van der Waals surface area contributed by atoms with Crippen molar-refractivity contribution in [2.24, 2.45) is 5.73 Å². The van der Waals surface area contributed by atoms with Gasteiger partial charge >= 0.3 is 0 Å². The van der Waals surface area contributed by atoms with Crippen LogP contribution in [0.4, 0.5) is 5.69 Å². The van der Waals surface area contributed by atoms with E-state index in [-0.39, 0.29) is 6.17 Å². The maximum atomic E-state index is 5.95. The summed E-state index contributed by atoms with van der Waals surface area (Å²) in [4.78, 5) is 0. The molecule has 3 N–H and O–H groups in total. The van der Waals surface area contributed by atoms with Gasteiger partial charge < -0.3 is 5.73 Å². The molecule has 0 aromatic heterocycles. The van der Waals surface area contributed by atoms with Gasteiger partial charge in [0.25, 0.3) is 0 Å². The van der Waals surface area contributed by atoms with Gasteiger partial charge in [-0.1, -0.05) is 18.5 Å². The summed E-state index contributed by atoms with van der Waals surface area (Å²) in [5.74, 6) is 0. The lowest BCUT2D eigenvalue weighted by Crippen LogP contribution is -2.50. The zero-order chi connectivity index (χ0) is 11.4. The van der Waals surface area contributed by atoms with Crippen LogP contribution in [0.15, 0.2) is 18.2 Å². The minimum Gasteiger partial charge on any atom is -0.310 e. The van der Waals surface area contributed by atoms with Crippen LogP contribution in [0.25, 0.3) is 0 Å². The Balaban J connectivity index is 3.00. The van der Waals surface area contributed by atoms with E-state index in [9.17, 15) is 0 Å². The van der Waals surface area contributed by atoms with Crippen LogP contribution in [0.1, 0.15) is 13.8 Å². The second-order valence-electron chi connectivity index (χ2n) is 3.33. The second kappa shape index (κ2) is 5.72. The molecule has 3 nitrogen and oxygen atoms in total. The quantitative estimate of drug-likeness (QED) is 0.372. The van der Waals surface area contributed by atoms with E-state index in [0.717, 1.165) is 21.3 Å². The molecule has 0 aliphatic heterocycles. The van der Waals surface area contributed by atoms with Crippen LogP contribution in [0.2, 0.25) is 0 Å². The maximum absolute atomic E-state index is 5.95. The van der Waals surface area contributed by atoms with Gasteiger partial charge in [-0.15, -0.1) is 0 Å². The summed E-state index contributed by atoms with van der Waals surface area (Å²) in [6, 6.07) is 5.92. The predicted octanol–water partition coefficient (Wildman–Crippen LogP) is 0.721. The summed E-state index contributed by atoms with van der Waals surface area (Å²) in [6.45, 7) is 4.76. The smallest absolute Gasteiger partial charge is 0.116 e. The van der Waals surface area contributed by atoms with E-state index in [0.29, 0.717) is 0 Å². The molecule has 0 spiro atoms. The van der Waals surface area contributed by atoms with Crippen LogP contribution in [-0.4, -0.2) is 20.6 Å². The Bertz CT molecular complexity index is 330. The average Bonchev–Trinajstić information content (AvgIpc) is 2.15. The number of hydrogen-bond donors (Lipinski definition) is 2. The zero-order valence-electron chi connectivity index (χ0n) is 9.00. The van der Waals surface area contributed by atoms with Crippen molar-refractivity contribution in [3.8, 4) is 0 Å². The first-order valence-corrected chi connectivity index (χ1v) is 5.97. The molecule has 1 aromatic rings. The fourth-order valence-electron chi connectivity index (χ4n) is 1.36. The van der Waals surface area contributed by atoms with Crippen molar-refractivity contribution in [3.05, 3.63) is 21.8 Å². The van der Waals surface area contributed by atoms with Crippen molar-refractivity contribution in [2.45, 2.75) is 20.0 Å². The molecular weight excluding hydrogens is 300 g/mol. The lowest BCUT2D eigenvalue weighted by molar-refractivity contribution is 0.563. The van der Waals surface area contributed by atoms with E-state index in [2.05, 4.69) is 28.0 Å². The summed E-state index contributed by atoms with van der Waals surface area (Å²) in [6.07, 6.45) is -0.118. The molecule has 15 heavy (non-hydrogen) atoms. The molecule has 5 heteroatoms. The standard InChI is InChI=1S/C10H15BIN3/c1-3-14-15(7(2)13)10-5-4-8(12)6-9(10)11/h4-7,14H,3,13H2,1-2H3. The fraction of sp³-hybridized carbons (Fsp3) is 0.400. The Kier molecular flexibility index (Phi) is 4.88. The fourth-order valence-corrected chi connectivity index (χ4v) is 1.88. The van der Waals surface area contributed by atoms with Crippen molar-refractivity contribution < 1.29 is 0 Å². The minimum atomic E-state index is -0.118. The topological polar surface area (TPSA) is 41.3 Å². The van der Waals surface area contributed by atoms with E-state index in [4.69, 9.17) is 13.6 Å². The lowest BCUT2D eigenvalue weighted by atomic mass is 9.94. The van der Waals surface area contributed by atoms with E-state index in [1.54, 1.807) is 0 Å². The first kappa shape index (κ1) is 12.8. The highest BCUT2D eigenvalue weighted by Gasteiger charge is 2.11. The van der Waals surface area contributed by atoms with E-state index < -0.39 is 0 Å². The van der Waals surface area contributed by atoms with Gasteiger partial charge in [0.2, 0.25) is 0 Å². The molecule has 2 radical (unpaired) electrons. The molecular formula is C10H15BIN3. The van der Waals surface area contributed by atoms with Crippen molar-refractivity contribution in [1.29, 1.82) is 0 Å². The highest BCUT2D eigenvalue weighted by molar-refractivity contribution is 14.1. The van der Waals surface area contributed by atoms with Crippen LogP contribution < -0.4 is 21.6 Å². The molecule has 1 atom stereocenters. The largest absolute Gasteiger partial charge is 0.310 e. The van der Waals surface area contributed by atoms with Crippen molar-refractivity contribution in [2.75, 3.05) is 11.6 Å². The summed E-state index contributed by atoms with van der Waals surface area (Å²) in [5, 5.41) is 1.88. The molecule has 1 aromatic carbocycles. The molecule has 0 fully saturated rings. The number of anilines is 1. The third kappa shape index (κ3) is 3.36. The number of nitrogens with two attached hydrogens (primary N) is 1. The van der Waals surface area contributed by atoms with Gasteiger partial charge in [-0.05, 0) is 41.6 Å². The molecule has 80 valence electrons. The van der Waals surface area contributed by atoms with E-state index >= 15 is 0 Å². The van der Waals surface area contributed by atoms with Crippen molar-refractivity contribution in [1.82, 2.24) is 5.43 Å². The zero-order valence-corrected chi connectivity index (χ0v) is 11.2. The highest BCUT2D eigenvalue weighted by Crippen LogP contribution is 2.12. The first-order chi connectivity index (χ1) is 7.06. The predicted molar refractivity (Wildman–Crippen MR) is 74.4 cm³/mol. The molecule has 0 saturated carbocycles. The molecule has 1 rings (SSSR count). The van der Waals surface area contributed by atoms with Gasteiger partial charge in [-0.25, -0.2) is 5.43 Å². The van der Waals surface area contributed by atoms with Gasteiger partial charge in [0.15, 0.2) is 0 Å². The highest BCUT2D eigenvalue weighted by atomic mass is 127. The Labute approximate surface area is 106 Å². The summed E-state index contributed by atoms with van der Waals surface area (Å²) in [5.41, 5.74) is 10.7. The molecule has 0 bridgehead atoms. The molecule has 0 saturated heterocycles. The normalized spacial score (nSPS) is 12.5. The number of hydrazine groups is 1. The Morgan fingerprint density at radius 1 is 1.60 bits per heavy atom. The minimum absolute atomic E-state index is 0.118. The van der Waals surface area contributed by atoms with Crippen LogP contribution in [0.3, 0.4) is 0 Å². The van der Waals surface area contributed by atoms with Crippen LogP contribution in [0.5, 0.6) is 0 Å². The van der Waals surface area contributed by atoms with Gasteiger partial charge in [0, 0.05) is 15.8 Å². The van der Waals surface area contributed by atoms with E-state index in [1.165, 1.54) is 0 Å². The molecule has 1 unspecified atom stereocenters. The van der Waals surface area contributed by atoms with Crippen LogP contribution in [0, 0.1) is 3.57 Å². The number of benzene rings is 1. The number of rotatable bonds is 4. The maximum Gasteiger partial charge on any atom is 0.116 e. The second-order valence-corrected chi connectivity index (χ2v) is 4.57. The summed E-state index contributed by atoms with van der Waals surface area (Å²) in [7, 11) is 5.95. The summed E-state index contributed by atoms with van der Waals surface area (Å²) >= 11 is 2.23. The van der Waals surface area contributed by atoms with Gasteiger partial charge in [-0.2, -0.15) is 0 Å². The van der Waals surface area contributed by atoms with Crippen molar-refractivity contribution >= 4 is 41.6 Å². The van der Waals surface area contributed by atoms with Crippen LogP contribution in [-0.2, 0) is 0 Å². The van der Waals surface area contributed by atoms with Crippen LogP contribution >= 0.6 is 22.6 Å². The lowest BCUT2D eigenvalue weighted by Gasteiger charge is -2.30. The Hall–Kier alpha value is -0.265. The van der Waals surface area contributed by atoms with E-state index in [1.807, 2.05) is 37.1 Å². The van der Waals surface area contributed by atoms with Crippen molar-refractivity contribution in [3.63, 3.8) is 0 Å². The number of nitrogens with one attached hydrogen (secondary N) is 1. The number of halogens is 1. The van der Waals surface area contributed by atoms with Gasteiger partial charge in [0.1, 0.15) is 7.85 Å². The first-order valence-electron chi connectivity index (χ1n) is 4.89. The third-order valence-corrected chi connectivity index (χ3v) is 2.66. The molecule has 0 heterocycles. The molecule has 0 aliphatic rings. The number of nitrogens with zero attached hydrogens (tertiary/aromatic N) is 1.